The standard InChI is InChI=1S/C21H33N3O/c1-2-22-20(24-18-10-12-19(25)13-11-18)23-16-21(14-6-7-15-21)17-8-4-3-5-9-17/h3-5,8-9,18-19,25H,2,6-7,10-16H2,1H3,(H2,22,23,24). The summed E-state index contributed by atoms with van der Waals surface area (Å²) in [5, 5.41) is 16.7. The molecule has 0 radical (unpaired) electrons. The Morgan fingerprint density at radius 2 is 1.80 bits per heavy atom. The lowest BCUT2D eigenvalue weighted by molar-refractivity contribution is 0.120. The Hall–Kier alpha value is -1.55. The van der Waals surface area contributed by atoms with Gasteiger partial charge in [-0.05, 0) is 51.0 Å². The van der Waals surface area contributed by atoms with Crippen molar-refractivity contribution in [3.8, 4) is 0 Å². The average molecular weight is 344 g/mol. The van der Waals surface area contributed by atoms with E-state index in [2.05, 4.69) is 47.9 Å². The van der Waals surface area contributed by atoms with Crippen LogP contribution in [0.5, 0.6) is 0 Å². The van der Waals surface area contributed by atoms with E-state index in [1.807, 2.05) is 0 Å². The van der Waals surface area contributed by atoms with Crippen molar-refractivity contribution in [3.05, 3.63) is 35.9 Å². The number of rotatable bonds is 5. The molecule has 1 aromatic carbocycles. The molecule has 2 saturated carbocycles. The van der Waals surface area contributed by atoms with Gasteiger partial charge in [-0.1, -0.05) is 43.2 Å². The number of guanidine groups is 1. The molecule has 0 spiro atoms. The van der Waals surface area contributed by atoms with Gasteiger partial charge in [-0.2, -0.15) is 0 Å². The number of aliphatic hydroxyl groups excluding tert-OH is 1. The van der Waals surface area contributed by atoms with Gasteiger partial charge in [0.2, 0.25) is 0 Å². The minimum absolute atomic E-state index is 0.114. The number of aliphatic imine (C=N–C) groups is 1. The molecular weight excluding hydrogens is 310 g/mol. The zero-order chi connectivity index (χ0) is 17.5. The summed E-state index contributed by atoms with van der Waals surface area (Å²) in [4.78, 5) is 4.99. The van der Waals surface area contributed by atoms with Crippen molar-refractivity contribution in [2.45, 2.75) is 75.9 Å². The fourth-order valence-corrected chi connectivity index (χ4v) is 4.35. The fraction of sp³-hybridized carbons (Fsp3) is 0.667. The summed E-state index contributed by atoms with van der Waals surface area (Å²) in [6.45, 7) is 3.84. The Morgan fingerprint density at radius 1 is 1.12 bits per heavy atom. The van der Waals surface area contributed by atoms with Crippen LogP contribution in [-0.4, -0.2) is 36.3 Å². The normalized spacial score (nSPS) is 26.4. The van der Waals surface area contributed by atoms with E-state index in [4.69, 9.17) is 4.99 Å². The molecule has 0 aliphatic heterocycles. The summed E-state index contributed by atoms with van der Waals surface area (Å²) in [5.74, 6) is 0.936. The summed E-state index contributed by atoms with van der Waals surface area (Å²) in [6, 6.07) is 11.4. The molecule has 4 nitrogen and oxygen atoms in total. The lowest BCUT2D eigenvalue weighted by Crippen LogP contribution is -2.46. The van der Waals surface area contributed by atoms with E-state index in [0.717, 1.165) is 44.7 Å². The van der Waals surface area contributed by atoms with E-state index >= 15 is 0 Å². The molecule has 0 heterocycles. The van der Waals surface area contributed by atoms with Crippen LogP contribution in [0.1, 0.15) is 63.9 Å². The Labute approximate surface area is 152 Å². The molecule has 0 saturated heterocycles. The highest BCUT2D eigenvalue weighted by Crippen LogP contribution is 2.41. The van der Waals surface area contributed by atoms with Crippen LogP contribution in [0.3, 0.4) is 0 Å². The topological polar surface area (TPSA) is 56.7 Å². The SMILES string of the molecule is CCNC(=NCC1(c2ccccc2)CCCC1)NC1CCC(O)CC1. The molecule has 25 heavy (non-hydrogen) atoms. The van der Waals surface area contributed by atoms with E-state index in [1.54, 1.807) is 0 Å². The minimum Gasteiger partial charge on any atom is -0.393 e. The molecule has 3 rings (SSSR count). The zero-order valence-electron chi connectivity index (χ0n) is 15.5. The second-order valence-corrected chi connectivity index (χ2v) is 7.70. The first kappa shape index (κ1) is 18.2. The van der Waals surface area contributed by atoms with Crippen molar-refractivity contribution in [1.29, 1.82) is 0 Å². The van der Waals surface area contributed by atoms with Crippen LogP contribution in [-0.2, 0) is 5.41 Å². The number of nitrogens with zero attached hydrogens (tertiary/aromatic N) is 1. The van der Waals surface area contributed by atoms with Crippen LogP contribution >= 0.6 is 0 Å². The Bertz CT molecular complexity index is 544. The highest BCUT2D eigenvalue weighted by molar-refractivity contribution is 5.80. The van der Waals surface area contributed by atoms with Gasteiger partial charge < -0.3 is 15.7 Å². The van der Waals surface area contributed by atoms with E-state index < -0.39 is 0 Å². The first-order valence-corrected chi connectivity index (χ1v) is 10.0. The summed E-state index contributed by atoms with van der Waals surface area (Å²) >= 11 is 0. The van der Waals surface area contributed by atoms with Crippen molar-refractivity contribution in [3.63, 3.8) is 0 Å². The fourth-order valence-electron chi connectivity index (χ4n) is 4.35. The van der Waals surface area contributed by atoms with Crippen molar-refractivity contribution in [2.24, 2.45) is 4.99 Å². The second kappa shape index (κ2) is 8.70. The van der Waals surface area contributed by atoms with Gasteiger partial charge in [0.05, 0.1) is 12.6 Å². The summed E-state index contributed by atoms with van der Waals surface area (Å²) in [7, 11) is 0. The first-order valence-electron chi connectivity index (χ1n) is 10.0. The third-order valence-electron chi connectivity index (χ3n) is 5.87. The maximum atomic E-state index is 9.70. The lowest BCUT2D eigenvalue weighted by Gasteiger charge is -2.30. The number of benzene rings is 1. The number of hydrogen-bond donors (Lipinski definition) is 3. The highest BCUT2D eigenvalue weighted by Gasteiger charge is 2.35. The van der Waals surface area contributed by atoms with Crippen LogP contribution in [0.15, 0.2) is 35.3 Å². The predicted octanol–water partition coefficient (Wildman–Crippen LogP) is 3.36. The molecule has 0 unspecified atom stereocenters. The van der Waals surface area contributed by atoms with Crippen LogP contribution in [0.2, 0.25) is 0 Å². The summed E-state index contributed by atoms with van der Waals surface area (Å²) in [6.07, 6.45) is 8.79. The molecule has 2 fully saturated rings. The molecule has 138 valence electrons. The van der Waals surface area contributed by atoms with Gasteiger partial charge in [0.25, 0.3) is 0 Å². The van der Waals surface area contributed by atoms with Crippen molar-refractivity contribution in [1.82, 2.24) is 10.6 Å². The molecule has 1 aromatic rings. The number of nitrogens with one attached hydrogen (secondary N) is 2. The quantitative estimate of drug-likeness (QED) is 0.568. The highest BCUT2D eigenvalue weighted by atomic mass is 16.3. The minimum atomic E-state index is -0.114. The molecular formula is C21H33N3O. The molecule has 2 aliphatic carbocycles. The Morgan fingerprint density at radius 3 is 2.44 bits per heavy atom. The van der Waals surface area contributed by atoms with Gasteiger partial charge in [0.15, 0.2) is 5.96 Å². The van der Waals surface area contributed by atoms with Crippen LogP contribution < -0.4 is 10.6 Å². The predicted molar refractivity (Wildman–Crippen MR) is 104 cm³/mol. The summed E-state index contributed by atoms with van der Waals surface area (Å²) in [5.41, 5.74) is 1.64. The molecule has 2 aliphatic rings. The van der Waals surface area contributed by atoms with Gasteiger partial charge in [-0.25, -0.2) is 0 Å². The average Bonchev–Trinajstić information content (AvgIpc) is 3.13. The number of aliphatic hydroxyl groups is 1. The van der Waals surface area contributed by atoms with Crippen LogP contribution in [0.25, 0.3) is 0 Å². The van der Waals surface area contributed by atoms with Gasteiger partial charge in [-0.15, -0.1) is 0 Å². The van der Waals surface area contributed by atoms with Crippen molar-refractivity contribution >= 4 is 5.96 Å². The van der Waals surface area contributed by atoms with Crippen molar-refractivity contribution in [2.75, 3.05) is 13.1 Å². The van der Waals surface area contributed by atoms with Crippen LogP contribution in [0, 0.1) is 0 Å². The first-order chi connectivity index (χ1) is 12.2. The van der Waals surface area contributed by atoms with E-state index in [9.17, 15) is 5.11 Å². The molecule has 4 heteroatoms. The third kappa shape index (κ3) is 4.75. The monoisotopic (exact) mass is 343 g/mol. The Kier molecular flexibility index (Phi) is 6.35. The third-order valence-corrected chi connectivity index (χ3v) is 5.87. The second-order valence-electron chi connectivity index (χ2n) is 7.70. The molecule has 0 amide bonds. The van der Waals surface area contributed by atoms with Crippen molar-refractivity contribution < 1.29 is 5.11 Å². The number of hydrogen-bond acceptors (Lipinski definition) is 2. The van der Waals surface area contributed by atoms with Crippen LogP contribution in [0.4, 0.5) is 0 Å². The molecule has 0 aromatic heterocycles. The maximum absolute atomic E-state index is 9.70. The van der Waals surface area contributed by atoms with Gasteiger partial charge in [0, 0.05) is 18.0 Å². The maximum Gasteiger partial charge on any atom is 0.191 e. The van der Waals surface area contributed by atoms with E-state index in [0.29, 0.717) is 6.04 Å². The molecule has 3 N–H and O–H groups in total. The molecule has 0 atom stereocenters. The van der Waals surface area contributed by atoms with Gasteiger partial charge in [-0.3, -0.25) is 4.99 Å². The van der Waals surface area contributed by atoms with Gasteiger partial charge >= 0.3 is 0 Å². The van der Waals surface area contributed by atoms with E-state index in [1.165, 1.54) is 31.2 Å². The summed E-state index contributed by atoms with van der Waals surface area (Å²) < 4.78 is 0. The van der Waals surface area contributed by atoms with Gasteiger partial charge in [0.1, 0.15) is 0 Å². The largest absolute Gasteiger partial charge is 0.393 e. The zero-order valence-corrected chi connectivity index (χ0v) is 15.5. The smallest absolute Gasteiger partial charge is 0.191 e. The van der Waals surface area contributed by atoms with E-state index in [-0.39, 0.29) is 11.5 Å². The lowest BCUT2D eigenvalue weighted by atomic mass is 9.79. The Balaban J connectivity index is 1.69. The molecule has 0 bridgehead atoms.